The Morgan fingerprint density at radius 2 is 2.00 bits per heavy atom. The number of carbonyl (C=O) groups excluding carboxylic acids is 1. The van der Waals surface area contributed by atoms with Crippen LogP contribution in [0.1, 0.15) is 43.9 Å². The van der Waals surface area contributed by atoms with Gasteiger partial charge in [0.25, 0.3) is 5.91 Å². The van der Waals surface area contributed by atoms with Crippen molar-refractivity contribution in [3.05, 3.63) is 56.8 Å². The van der Waals surface area contributed by atoms with E-state index in [1.165, 1.54) is 0 Å². The molecule has 1 aromatic heterocycles. The molecular weight excluding hydrogens is 456 g/mol. The molecule has 1 aromatic carbocycles. The first kappa shape index (κ1) is 20.1. The lowest BCUT2D eigenvalue weighted by molar-refractivity contribution is -0.199. The maximum absolute atomic E-state index is 13.0. The summed E-state index contributed by atoms with van der Waals surface area (Å²) >= 11 is 9.50. The number of ether oxygens (including phenoxy) is 1. The van der Waals surface area contributed by atoms with Gasteiger partial charge in [-0.15, -0.1) is 0 Å². The Labute approximate surface area is 183 Å². The number of hydrogen-bond donors (Lipinski definition) is 0. The van der Waals surface area contributed by atoms with E-state index in [0.717, 1.165) is 0 Å². The summed E-state index contributed by atoms with van der Waals surface area (Å²) in [7, 11) is 0. The highest BCUT2D eigenvalue weighted by atomic mass is 79.9. The van der Waals surface area contributed by atoms with E-state index in [4.69, 9.17) is 22.9 Å². The summed E-state index contributed by atoms with van der Waals surface area (Å²) in [4.78, 5) is 27.0. The molecule has 0 spiro atoms. The van der Waals surface area contributed by atoms with Gasteiger partial charge in [0.05, 0.1) is 30.0 Å². The minimum atomic E-state index is -0.302. The van der Waals surface area contributed by atoms with Gasteiger partial charge in [-0.1, -0.05) is 45.4 Å². The molecule has 6 nitrogen and oxygen atoms in total. The topological polar surface area (TPSA) is 59.7 Å². The standard InChI is InChI=1S/C21H20BrClN4O2/c1-20(2)18(27-10-14-16(17(27)28)25-9-15(22)26-14)21(3,4)19(20)29-11-6-7-13(24-5)12(23)8-11/h6-9,18-19H,10H2,1-4H3. The Morgan fingerprint density at radius 3 is 2.62 bits per heavy atom. The van der Waals surface area contributed by atoms with Crippen LogP contribution >= 0.6 is 27.5 Å². The van der Waals surface area contributed by atoms with E-state index in [2.05, 4.69) is 58.4 Å². The Morgan fingerprint density at radius 1 is 1.31 bits per heavy atom. The number of amides is 1. The number of benzene rings is 1. The number of aromatic nitrogens is 2. The van der Waals surface area contributed by atoms with Crippen molar-refractivity contribution >= 4 is 39.1 Å². The second kappa shape index (κ2) is 6.68. The maximum atomic E-state index is 13.0. The fourth-order valence-corrected chi connectivity index (χ4v) is 5.80. The molecule has 0 N–H and O–H groups in total. The van der Waals surface area contributed by atoms with Crippen molar-refractivity contribution in [2.24, 2.45) is 10.8 Å². The van der Waals surface area contributed by atoms with Crippen molar-refractivity contribution in [2.75, 3.05) is 0 Å². The van der Waals surface area contributed by atoms with Crippen LogP contribution in [0.3, 0.4) is 0 Å². The van der Waals surface area contributed by atoms with Crippen LogP contribution in [0, 0.1) is 17.4 Å². The summed E-state index contributed by atoms with van der Waals surface area (Å²) in [6.07, 6.45) is 1.42. The summed E-state index contributed by atoms with van der Waals surface area (Å²) in [5.74, 6) is 0.532. The van der Waals surface area contributed by atoms with Crippen LogP contribution in [0.25, 0.3) is 4.85 Å². The zero-order chi connectivity index (χ0) is 21.1. The van der Waals surface area contributed by atoms with Gasteiger partial charge < -0.3 is 9.64 Å². The number of hydrogen-bond acceptors (Lipinski definition) is 4. The quantitative estimate of drug-likeness (QED) is 0.567. The van der Waals surface area contributed by atoms with Gasteiger partial charge in [0, 0.05) is 16.9 Å². The first-order valence-electron chi connectivity index (χ1n) is 9.23. The van der Waals surface area contributed by atoms with Gasteiger partial charge in [0.15, 0.2) is 5.69 Å². The van der Waals surface area contributed by atoms with E-state index in [-0.39, 0.29) is 28.9 Å². The molecule has 2 aliphatic rings. The Balaban J connectivity index is 1.60. The fourth-order valence-electron chi connectivity index (χ4n) is 5.27. The minimum absolute atomic E-state index is 0.0414. The van der Waals surface area contributed by atoms with E-state index in [9.17, 15) is 4.79 Å². The molecule has 0 saturated heterocycles. The Hall–Kier alpha value is -2.17. The molecule has 1 saturated carbocycles. The van der Waals surface area contributed by atoms with Crippen molar-refractivity contribution < 1.29 is 9.53 Å². The predicted octanol–water partition coefficient (Wildman–Crippen LogP) is 5.28. The predicted molar refractivity (Wildman–Crippen MR) is 113 cm³/mol. The summed E-state index contributed by atoms with van der Waals surface area (Å²) in [6.45, 7) is 16.0. The molecule has 29 heavy (non-hydrogen) atoms. The number of fused-ring (bicyclic) bond motifs is 1. The molecule has 0 radical (unpaired) electrons. The van der Waals surface area contributed by atoms with Crippen LogP contribution in [0.15, 0.2) is 29.0 Å². The van der Waals surface area contributed by atoms with E-state index < -0.39 is 0 Å². The summed E-state index contributed by atoms with van der Waals surface area (Å²) in [5.41, 5.74) is 0.912. The number of carbonyl (C=O) groups is 1. The van der Waals surface area contributed by atoms with Gasteiger partial charge in [-0.2, -0.15) is 0 Å². The average molecular weight is 476 g/mol. The van der Waals surface area contributed by atoms with E-state index in [1.54, 1.807) is 24.4 Å². The summed E-state index contributed by atoms with van der Waals surface area (Å²) in [6, 6.07) is 5.06. The highest BCUT2D eigenvalue weighted by molar-refractivity contribution is 9.10. The molecule has 2 aromatic rings. The molecule has 1 aliphatic heterocycles. The molecule has 150 valence electrons. The Kier molecular flexibility index (Phi) is 4.63. The van der Waals surface area contributed by atoms with Crippen molar-refractivity contribution in [1.82, 2.24) is 14.9 Å². The van der Waals surface area contributed by atoms with Crippen LogP contribution in [0.4, 0.5) is 5.69 Å². The third-order valence-electron chi connectivity index (χ3n) is 5.97. The molecule has 0 unspecified atom stereocenters. The van der Waals surface area contributed by atoms with E-state index in [1.807, 2.05) is 4.90 Å². The molecule has 1 fully saturated rings. The van der Waals surface area contributed by atoms with Gasteiger partial charge in [-0.3, -0.25) is 4.79 Å². The SMILES string of the molecule is [C-]#[N+]c1ccc(OC2C(C)(C)C(N3Cc4nc(Br)cnc4C3=O)C2(C)C)cc1Cl. The van der Waals surface area contributed by atoms with Crippen LogP contribution in [0.2, 0.25) is 5.02 Å². The van der Waals surface area contributed by atoms with Crippen LogP contribution in [-0.4, -0.2) is 32.9 Å². The smallest absolute Gasteiger partial charge is 0.275 e. The van der Waals surface area contributed by atoms with Crippen molar-refractivity contribution in [3.63, 3.8) is 0 Å². The third kappa shape index (κ3) is 3.01. The molecule has 1 amide bonds. The monoisotopic (exact) mass is 474 g/mol. The second-order valence-electron chi connectivity index (χ2n) is 8.69. The van der Waals surface area contributed by atoms with E-state index >= 15 is 0 Å². The normalized spacial score (nSPS) is 23.9. The molecule has 1 aliphatic carbocycles. The molecule has 8 heteroatoms. The average Bonchev–Trinajstić information content (AvgIpc) is 2.94. The van der Waals surface area contributed by atoms with Crippen molar-refractivity contribution in [1.29, 1.82) is 0 Å². The van der Waals surface area contributed by atoms with Crippen molar-refractivity contribution in [3.8, 4) is 5.75 Å². The maximum Gasteiger partial charge on any atom is 0.275 e. The largest absolute Gasteiger partial charge is 0.489 e. The number of nitrogens with zero attached hydrogens (tertiary/aromatic N) is 4. The Bertz CT molecular complexity index is 1050. The van der Waals surface area contributed by atoms with Crippen LogP contribution in [0.5, 0.6) is 5.75 Å². The van der Waals surface area contributed by atoms with E-state index in [0.29, 0.717) is 39.0 Å². The van der Waals surface area contributed by atoms with Gasteiger partial charge in [0.1, 0.15) is 16.5 Å². The lowest BCUT2D eigenvalue weighted by Gasteiger charge is -2.65. The lowest BCUT2D eigenvalue weighted by Crippen LogP contribution is -2.74. The molecule has 0 atom stereocenters. The van der Waals surface area contributed by atoms with Crippen LogP contribution < -0.4 is 4.74 Å². The van der Waals surface area contributed by atoms with Crippen LogP contribution in [-0.2, 0) is 6.54 Å². The number of rotatable bonds is 3. The third-order valence-corrected chi connectivity index (χ3v) is 6.65. The highest BCUT2D eigenvalue weighted by Crippen LogP contribution is 2.59. The molecule has 4 rings (SSSR count). The van der Waals surface area contributed by atoms with Gasteiger partial charge >= 0.3 is 0 Å². The summed E-state index contributed by atoms with van der Waals surface area (Å²) < 4.78 is 6.94. The highest BCUT2D eigenvalue weighted by Gasteiger charge is 2.67. The lowest BCUT2D eigenvalue weighted by atomic mass is 9.49. The fraction of sp³-hybridized carbons (Fsp3) is 0.429. The number of halogens is 2. The van der Waals surface area contributed by atoms with Gasteiger partial charge in [-0.05, 0) is 28.1 Å². The zero-order valence-electron chi connectivity index (χ0n) is 16.5. The first-order valence-corrected chi connectivity index (χ1v) is 10.4. The first-order chi connectivity index (χ1) is 13.6. The van der Waals surface area contributed by atoms with Gasteiger partial charge in [0.2, 0.25) is 5.69 Å². The second-order valence-corrected chi connectivity index (χ2v) is 9.91. The van der Waals surface area contributed by atoms with Crippen molar-refractivity contribution in [2.45, 2.75) is 46.4 Å². The minimum Gasteiger partial charge on any atom is -0.489 e. The molecule has 2 heterocycles. The zero-order valence-corrected chi connectivity index (χ0v) is 18.9. The summed E-state index contributed by atoms with van der Waals surface area (Å²) in [5, 5.41) is 0.372. The molecule has 0 bridgehead atoms. The molecular formula is C21H20BrClN4O2. The van der Waals surface area contributed by atoms with Gasteiger partial charge in [-0.25, -0.2) is 14.8 Å².